The van der Waals surface area contributed by atoms with E-state index >= 15 is 0 Å². The van der Waals surface area contributed by atoms with Crippen molar-refractivity contribution >= 4 is 29.1 Å². The smallest absolute Gasteiger partial charge is 0.357 e. The van der Waals surface area contributed by atoms with Crippen molar-refractivity contribution in [1.29, 1.82) is 0 Å². The first-order chi connectivity index (χ1) is 15.1. The zero-order valence-corrected chi connectivity index (χ0v) is 18.5. The van der Waals surface area contributed by atoms with Gasteiger partial charge in [-0.05, 0) is 37.6 Å². The summed E-state index contributed by atoms with van der Waals surface area (Å²) in [4.78, 5) is 16.2. The molecule has 0 spiro atoms. The van der Waals surface area contributed by atoms with Crippen LogP contribution < -0.4 is 0 Å². The zero-order chi connectivity index (χ0) is 21.8. The molecule has 9 heteroatoms. The quantitative estimate of drug-likeness (QED) is 0.279. The summed E-state index contributed by atoms with van der Waals surface area (Å²) in [6, 6.07) is 14.3. The molecule has 4 aromatic rings. The summed E-state index contributed by atoms with van der Waals surface area (Å²) >= 11 is 2.81. The molecule has 6 nitrogen and oxygen atoms in total. The number of nitrogens with zero attached hydrogens (tertiary/aromatic N) is 4. The number of para-hydroxylation sites is 1. The lowest BCUT2D eigenvalue weighted by molar-refractivity contribution is 0.0520. The van der Waals surface area contributed by atoms with Crippen molar-refractivity contribution in [2.24, 2.45) is 0 Å². The van der Waals surface area contributed by atoms with Gasteiger partial charge in [0.15, 0.2) is 16.7 Å². The van der Waals surface area contributed by atoms with Gasteiger partial charge in [0.2, 0.25) is 0 Å². The maximum Gasteiger partial charge on any atom is 0.357 e. The SMILES string of the molecule is CCOC(=O)c1csc(CSc2nnc(-c3ccccc3F)n2-c2ccccc2C)n1. The number of ether oxygens (including phenoxy) is 1. The van der Waals surface area contributed by atoms with Crippen LogP contribution >= 0.6 is 23.1 Å². The summed E-state index contributed by atoms with van der Waals surface area (Å²) in [6.45, 7) is 4.05. The van der Waals surface area contributed by atoms with Gasteiger partial charge in [0.1, 0.15) is 10.8 Å². The number of esters is 1. The highest BCUT2D eigenvalue weighted by Gasteiger charge is 2.20. The number of hydrogen-bond acceptors (Lipinski definition) is 7. The van der Waals surface area contributed by atoms with Gasteiger partial charge in [0.25, 0.3) is 0 Å². The number of benzene rings is 2. The van der Waals surface area contributed by atoms with Crippen LogP contribution in [0.2, 0.25) is 0 Å². The third kappa shape index (κ3) is 4.52. The zero-order valence-electron chi connectivity index (χ0n) is 16.9. The lowest BCUT2D eigenvalue weighted by atomic mass is 10.1. The molecule has 0 aliphatic carbocycles. The lowest BCUT2D eigenvalue weighted by Crippen LogP contribution is -2.05. The normalized spacial score (nSPS) is 10.9. The van der Waals surface area contributed by atoms with E-state index in [1.54, 1.807) is 30.5 Å². The summed E-state index contributed by atoms with van der Waals surface area (Å²) in [5.74, 6) is 0.132. The van der Waals surface area contributed by atoms with Gasteiger partial charge in [-0.15, -0.1) is 21.5 Å². The summed E-state index contributed by atoms with van der Waals surface area (Å²) in [6.07, 6.45) is 0. The molecule has 0 amide bonds. The number of thioether (sulfide) groups is 1. The Balaban J connectivity index is 1.68. The fourth-order valence-electron chi connectivity index (χ4n) is 3.01. The third-order valence-electron chi connectivity index (χ3n) is 4.47. The van der Waals surface area contributed by atoms with Crippen molar-refractivity contribution in [3.05, 3.63) is 76.0 Å². The second-order valence-electron chi connectivity index (χ2n) is 6.54. The van der Waals surface area contributed by atoms with E-state index in [9.17, 15) is 9.18 Å². The third-order valence-corrected chi connectivity index (χ3v) is 6.44. The van der Waals surface area contributed by atoms with Gasteiger partial charge < -0.3 is 4.74 Å². The molecule has 158 valence electrons. The number of thiazole rings is 1. The Morgan fingerprint density at radius 3 is 2.71 bits per heavy atom. The molecule has 0 radical (unpaired) electrons. The fourth-order valence-corrected chi connectivity index (χ4v) is 4.74. The van der Waals surface area contributed by atoms with Crippen molar-refractivity contribution in [1.82, 2.24) is 19.7 Å². The van der Waals surface area contributed by atoms with Crippen molar-refractivity contribution < 1.29 is 13.9 Å². The summed E-state index contributed by atoms with van der Waals surface area (Å²) in [7, 11) is 0. The molecule has 0 atom stereocenters. The molecular weight excluding hydrogens is 435 g/mol. The molecule has 0 N–H and O–H groups in total. The average molecular weight is 455 g/mol. The van der Waals surface area contributed by atoms with E-state index < -0.39 is 5.97 Å². The molecule has 0 aliphatic heterocycles. The van der Waals surface area contributed by atoms with Crippen LogP contribution in [-0.4, -0.2) is 32.3 Å². The van der Waals surface area contributed by atoms with Crippen LogP contribution in [0.4, 0.5) is 4.39 Å². The predicted molar refractivity (Wildman–Crippen MR) is 119 cm³/mol. The highest BCUT2D eigenvalue weighted by Crippen LogP contribution is 2.32. The van der Waals surface area contributed by atoms with Gasteiger partial charge in [0, 0.05) is 5.38 Å². The van der Waals surface area contributed by atoms with Gasteiger partial charge in [-0.25, -0.2) is 14.2 Å². The number of halogens is 1. The summed E-state index contributed by atoms with van der Waals surface area (Å²) in [5.41, 5.74) is 2.57. The van der Waals surface area contributed by atoms with Crippen molar-refractivity contribution in [2.75, 3.05) is 6.61 Å². The number of aryl methyl sites for hydroxylation is 1. The minimum atomic E-state index is -0.431. The number of rotatable bonds is 7. The Morgan fingerprint density at radius 1 is 1.16 bits per heavy atom. The van der Waals surface area contributed by atoms with Crippen LogP contribution in [0.5, 0.6) is 0 Å². The highest BCUT2D eigenvalue weighted by molar-refractivity contribution is 7.98. The Hall–Kier alpha value is -3.04. The maximum absolute atomic E-state index is 14.5. The van der Waals surface area contributed by atoms with E-state index in [2.05, 4.69) is 15.2 Å². The summed E-state index contributed by atoms with van der Waals surface area (Å²) < 4.78 is 21.4. The van der Waals surface area contributed by atoms with Gasteiger partial charge >= 0.3 is 5.97 Å². The van der Waals surface area contributed by atoms with E-state index in [0.29, 0.717) is 34.6 Å². The Morgan fingerprint density at radius 2 is 1.94 bits per heavy atom. The molecule has 0 bridgehead atoms. The number of carbonyl (C=O) groups is 1. The lowest BCUT2D eigenvalue weighted by Gasteiger charge is -2.13. The number of hydrogen-bond donors (Lipinski definition) is 0. The fraction of sp³-hybridized carbons (Fsp3) is 0.182. The molecule has 0 fully saturated rings. The van der Waals surface area contributed by atoms with Gasteiger partial charge in [-0.2, -0.15) is 0 Å². The molecule has 4 rings (SSSR count). The van der Waals surface area contributed by atoms with Crippen molar-refractivity contribution in [2.45, 2.75) is 24.8 Å². The number of carbonyl (C=O) groups excluding carboxylic acids is 1. The van der Waals surface area contributed by atoms with Gasteiger partial charge in [0.05, 0.1) is 23.6 Å². The maximum atomic E-state index is 14.5. The first-order valence-corrected chi connectivity index (χ1v) is 11.5. The van der Waals surface area contributed by atoms with Crippen molar-refractivity contribution in [3.8, 4) is 17.1 Å². The second kappa shape index (κ2) is 9.40. The Labute approximate surface area is 187 Å². The Kier molecular flexibility index (Phi) is 6.43. The van der Waals surface area contributed by atoms with Gasteiger partial charge in [-0.1, -0.05) is 42.1 Å². The first kappa shape index (κ1) is 21.2. The monoisotopic (exact) mass is 454 g/mol. The van der Waals surface area contributed by atoms with E-state index in [-0.39, 0.29) is 5.82 Å². The largest absolute Gasteiger partial charge is 0.461 e. The van der Waals surface area contributed by atoms with Crippen LogP contribution in [0.1, 0.15) is 28.0 Å². The van der Waals surface area contributed by atoms with E-state index in [0.717, 1.165) is 16.3 Å². The minimum Gasteiger partial charge on any atom is -0.461 e. The predicted octanol–water partition coefficient (Wildman–Crippen LogP) is 5.31. The van der Waals surface area contributed by atoms with E-state index in [1.807, 2.05) is 35.8 Å². The molecule has 0 unspecified atom stereocenters. The number of aromatic nitrogens is 4. The molecule has 2 heterocycles. The molecule has 0 saturated carbocycles. The molecule has 0 saturated heterocycles. The first-order valence-electron chi connectivity index (χ1n) is 9.59. The molecule has 2 aromatic heterocycles. The Bertz CT molecular complexity index is 1220. The molecule has 0 aliphatic rings. The molecule has 31 heavy (non-hydrogen) atoms. The summed E-state index contributed by atoms with van der Waals surface area (Å²) in [5, 5.41) is 11.7. The van der Waals surface area contributed by atoms with E-state index in [1.165, 1.54) is 29.2 Å². The standard InChI is InChI=1S/C22H19FN4O2S2/c1-3-29-21(28)17-12-30-19(24-17)13-31-22-26-25-20(15-9-5-6-10-16(15)23)27(22)18-11-7-4-8-14(18)2/h4-12H,3,13H2,1-2H3. The van der Waals surface area contributed by atoms with Crippen LogP contribution in [0.15, 0.2) is 59.1 Å². The molecule has 2 aromatic carbocycles. The van der Waals surface area contributed by atoms with Gasteiger partial charge in [-0.3, -0.25) is 4.57 Å². The highest BCUT2D eigenvalue weighted by atomic mass is 32.2. The average Bonchev–Trinajstić information content (AvgIpc) is 3.40. The van der Waals surface area contributed by atoms with Crippen LogP contribution in [0, 0.1) is 12.7 Å². The van der Waals surface area contributed by atoms with E-state index in [4.69, 9.17) is 4.74 Å². The minimum absolute atomic E-state index is 0.301. The molecular formula is C22H19FN4O2S2. The van der Waals surface area contributed by atoms with Crippen LogP contribution in [-0.2, 0) is 10.5 Å². The second-order valence-corrected chi connectivity index (χ2v) is 8.43. The van der Waals surface area contributed by atoms with Crippen LogP contribution in [0.3, 0.4) is 0 Å². The van der Waals surface area contributed by atoms with Crippen LogP contribution in [0.25, 0.3) is 17.1 Å². The van der Waals surface area contributed by atoms with Crippen molar-refractivity contribution in [3.63, 3.8) is 0 Å². The topological polar surface area (TPSA) is 69.9 Å².